The number of alkyl halides is 3. The molecule has 2 nitrogen and oxygen atoms in total. The minimum atomic E-state index is -4.74. The molecular weight excluding hydrogens is 269 g/mol. The van der Waals surface area contributed by atoms with Gasteiger partial charge in [0.1, 0.15) is 5.75 Å². The van der Waals surface area contributed by atoms with Crippen LogP contribution in [-0.4, -0.2) is 11.5 Å². The van der Waals surface area contributed by atoms with Gasteiger partial charge in [-0.25, -0.2) is 0 Å². The Balaban J connectivity index is 2.18. The number of rotatable bonds is 3. The third-order valence-corrected chi connectivity index (χ3v) is 3.89. The van der Waals surface area contributed by atoms with Crippen molar-refractivity contribution in [3.8, 4) is 5.75 Å². The predicted molar refractivity (Wildman–Crippen MR) is 69.2 cm³/mol. The summed E-state index contributed by atoms with van der Waals surface area (Å²) in [5.41, 5.74) is 0.226. The van der Waals surface area contributed by atoms with E-state index in [0.717, 1.165) is 25.7 Å². The van der Waals surface area contributed by atoms with Crippen molar-refractivity contribution in [3.05, 3.63) is 29.8 Å². The Kier molecular flexibility index (Phi) is 4.58. The van der Waals surface area contributed by atoms with Gasteiger partial charge in [0.05, 0.1) is 6.10 Å². The van der Waals surface area contributed by atoms with Gasteiger partial charge in [-0.2, -0.15) is 0 Å². The fourth-order valence-corrected chi connectivity index (χ4v) is 2.96. The molecule has 2 rings (SSSR count). The largest absolute Gasteiger partial charge is 0.573 e. The van der Waals surface area contributed by atoms with Gasteiger partial charge >= 0.3 is 6.36 Å². The van der Waals surface area contributed by atoms with Crippen LogP contribution in [-0.2, 0) is 0 Å². The maximum atomic E-state index is 12.4. The van der Waals surface area contributed by atoms with Gasteiger partial charge in [0.25, 0.3) is 0 Å². The van der Waals surface area contributed by atoms with Gasteiger partial charge in [-0.15, -0.1) is 13.2 Å². The standard InChI is InChI=1S/C15H19F3O2/c1-10-5-4-6-11(9-10)14(19)12-7-2-3-8-13(12)20-15(16,17)18/h2-3,7-8,10-11,14,19H,4-6,9H2,1H3. The third-order valence-electron chi connectivity index (χ3n) is 3.89. The Bertz CT molecular complexity index is 445. The number of aliphatic hydroxyl groups excluding tert-OH is 1. The Hall–Kier alpha value is -1.23. The van der Waals surface area contributed by atoms with E-state index in [1.165, 1.54) is 18.2 Å². The Morgan fingerprint density at radius 2 is 1.95 bits per heavy atom. The van der Waals surface area contributed by atoms with Gasteiger partial charge in [0.15, 0.2) is 0 Å². The first-order chi connectivity index (χ1) is 9.37. The molecule has 0 bridgehead atoms. The molecular formula is C15H19F3O2. The maximum Gasteiger partial charge on any atom is 0.573 e. The Morgan fingerprint density at radius 1 is 1.25 bits per heavy atom. The van der Waals surface area contributed by atoms with E-state index in [1.54, 1.807) is 6.07 Å². The fourth-order valence-electron chi connectivity index (χ4n) is 2.96. The first-order valence-electron chi connectivity index (χ1n) is 6.89. The summed E-state index contributed by atoms with van der Waals surface area (Å²) in [5, 5.41) is 10.4. The molecule has 1 N–H and O–H groups in total. The summed E-state index contributed by atoms with van der Waals surface area (Å²) >= 11 is 0. The van der Waals surface area contributed by atoms with Crippen LogP contribution in [0.25, 0.3) is 0 Å². The molecule has 112 valence electrons. The van der Waals surface area contributed by atoms with E-state index < -0.39 is 12.5 Å². The summed E-state index contributed by atoms with van der Waals surface area (Å²) in [6.45, 7) is 2.11. The number of para-hydroxylation sites is 1. The lowest BCUT2D eigenvalue weighted by Gasteiger charge is -2.31. The van der Waals surface area contributed by atoms with Crippen molar-refractivity contribution in [1.82, 2.24) is 0 Å². The van der Waals surface area contributed by atoms with Crippen LogP contribution in [0.3, 0.4) is 0 Å². The maximum absolute atomic E-state index is 12.4. The summed E-state index contributed by atoms with van der Waals surface area (Å²) in [6, 6.07) is 5.85. The zero-order valence-corrected chi connectivity index (χ0v) is 11.4. The second-order valence-electron chi connectivity index (χ2n) is 5.56. The van der Waals surface area contributed by atoms with Gasteiger partial charge < -0.3 is 9.84 Å². The molecule has 1 aliphatic carbocycles. The minimum Gasteiger partial charge on any atom is -0.405 e. The van der Waals surface area contributed by atoms with E-state index in [0.29, 0.717) is 5.92 Å². The molecule has 3 atom stereocenters. The number of halogens is 3. The van der Waals surface area contributed by atoms with Crippen molar-refractivity contribution in [1.29, 1.82) is 0 Å². The number of aliphatic hydroxyl groups is 1. The molecule has 0 aromatic heterocycles. The van der Waals surface area contributed by atoms with E-state index in [-0.39, 0.29) is 17.2 Å². The molecule has 5 heteroatoms. The lowest BCUT2D eigenvalue weighted by atomic mass is 9.78. The molecule has 1 fully saturated rings. The molecule has 0 saturated heterocycles. The lowest BCUT2D eigenvalue weighted by molar-refractivity contribution is -0.275. The lowest BCUT2D eigenvalue weighted by Crippen LogP contribution is -2.23. The van der Waals surface area contributed by atoms with Crippen molar-refractivity contribution in [2.75, 3.05) is 0 Å². The van der Waals surface area contributed by atoms with E-state index in [2.05, 4.69) is 11.7 Å². The second kappa shape index (κ2) is 6.04. The van der Waals surface area contributed by atoms with Crippen LogP contribution in [0.15, 0.2) is 24.3 Å². The Labute approximate surface area is 116 Å². The van der Waals surface area contributed by atoms with Gasteiger partial charge in [-0.1, -0.05) is 38.0 Å². The number of hydrogen-bond donors (Lipinski definition) is 1. The van der Waals surface area contributed by atoms with E-state index >= 15 is 0 Å². The smallest absolute Gasteiger partial charge is 0.405 e. The fraction of sp³-hybridized carbons (Fsp3) is 0.600. The predicted octanol–water partition coefficient (Wildman–Crippen LogP) is 4.44. The van der Waals surface area contributed by atoms with Crippen LogP contribution in [0.2, 0.25) is 0 Å². The highest BCUT2D eigenvalue weighted by atomic mass is 19.4. The number of hydrogen-bond acceptors (Lipinski definition) is 2. The zero-order chi connectivity index (χ0) is 14.8. The molecule has 20 heavy (non-hydrogen) atoms. The SMILES string of the molecule is CC1CCCC(C(O)c2ccccc2OC(F)(F)F)C1. The highest BCUT2D eigenvalue weighted by Gasteiger charge is 2.34. The average Bonchev–Trinajstić information content (AvgIpc) is 2.37. The summed E-state index contributed by atoms with van der Waals surface area (Å²) in [7, 11) is 0. The second-order valence-corrected chi connectivity index (χ2v) is 5.56. The van der Waals surface area contributed by atoms with Crippen molar-refractivity contribution >= 4 is 0 Å². The monoisotopic (exact) mass is 288 g/mol. The van der Waals surface area contributed by atoms with Crippen LogP contribution < -0.4 is 4.74 Å². The van der Waals surface area contributed by atoms with Crippen LogP contribution in [0.1, 0.15) is 44.3 Å². The first kappa shape index (κ1) is 15.2. The van der Waals surface area contributed by atoms with E-state index in [4.69, 9.17) is 0 Å². The highest BCUT2D eigenvalue weighted by Crippen LogP contribution is 2.40. The molecule has 1 aromatic carbocycles. The minimum absolute atomic E-state index is 0.00302. The van der Waals surface area contributed by atoms with Gasteiger partial charge in [0, 0.05) is 5.56 Å². The van der Waals surface area contributed by atoms with Crippen molar-refractivity contribution < 1.29 is 23.0 Å². The van der Waals surface area contributed by atoms with Crippen LogP contribution >= 0.6 is 0 Å². The molecule has 0 aliphatic heterocycles. The topological polar surface area (TPSA) is 29.5 Å². The van der Waals surface area contributed by atoms with Crippen molar-refractivity contribution in [2.24, 2.45) is 11.8 Å². The molecule has 0 spiro atoms. The average molecular weight is 288 g/mol. The van der Waals surface area contributed by atoms with E-state index in [9.17, 15) is 18.3 Å². The molecule has 1 saturated carbocycles. The number of ether oxygens (including phenoxy) is 1. The number of benzene rings is 1. The molecule has 0 heterocycles. The molecule has 1 aromatic rings. The molecule has 1 aliphatic rings. The van der Waals surface area contributed by atoms with Crippen LogP contribution in [0, 0.1) is 11.8 Å². The van der Waals surface area contributed by atoms with Crippen LogP contribution in [0.5, 0.6) is 5.75 Å². The molecule has 3 unspecified atom stereocenters. The van der Waals surface area contributed by atoms with Crippen LogP contribution in [0.4, 0.5) is 13.2 Å². The van der Waals surface area contributed by atoms with E-state index in [1.807, 2.05) is 0 Å². The van der Waals surface area contributed by atoms with Gasteiger partial charge in [-0.3, -0.25) is 0 Å². The van der Waals surface area contributed by atoms with Gasteiger partial charge in [-0.05, 0) is 30.7 Å². The Morgan fingerprint density at radius 3 is 2.60 bits per heavy atom. The summed E-state index contributed by atoms with van der Waals surface area (Å²) < 4.78 is 41.2. The molecule has 0 amide bonds. The first-order valence-corrected chi connectivity index (χ1v) is 6.89. The zero-order valence-electron chi connectivity index (χ0n) is 11.4. The normalized spacial score (nSPS) is 25.2. The highest BCUT2D eigenvalue weighted by molar-refractivity contribution is 5.35. The third kappa shape index (κ3) is 3.88. The van der Waals surface area contributed by atoms with Gasteiger partial charge in [0.2, 0.25) is 0 Å². The summed E-state index contributed by atoms with van der Waals surface area (Å²) in [5.74, 6) is 0.196. The summed E-state index contributed by atoms with van der Waals surface area (Å²) in [6.07, 6.45) is -1.85. The van der Waals surface area contributed by atoms with Crippen molar-refractivity contribution in [2.45, 2.75) is 45.1 Å². The summed E-state index contributed by atoms with van der Waals surface area (Å²) in [4.78, 5) is 0. The van der Waals surface area contributed by atoms with Crippen molar-refractivity contribution in [3.63, 3.8) is 0 Å². The molecule has 0 radical (unpaired) electrons. The quantitative estimate of drug-likeness (QED) is 0.890.